The van der Waals surface area contributed by atoms with Crippen LogP contribution >= 0.6 is 0 Å². The van der Waals surface area contributed by atoms with Crippen LogP contribution in [0.5, 0.6) is 17.2 Å². The van der Waals surface area contributed by atoms with Crippen molar-refractivity contribution in [1.82, 2.24) is 5.43 Å². The van der Waals surface area contributed by atoms with Gasteiger partial charge in [0.05, 0.1) is 19.9 Å². The number of hydrogen-bond donors (Lipinski definition) is 1. The molecule has 0 fully saturated rings. The summed E-state index contributed by atoms with van der Waals surface area (Å²) in [6.45, 7) is 8.31. The maximum Gasteiger partial charge on any atom is 0.277 e. The summed E-state index contributed by atoms with van der Waals surface area (Å²) in [6, 6.07) is 9.44. The smallest absolute Gasteiger partial charge is 0.277 e. The van der Waals surface area contributed by atoms with Crippen LogP contribution < -0.4 is 19.6 Å². The fraction of sp³-hybridized carbons (Fsp3) is 0.333. The lowest BCUT2D eigenvalue weighted by Crippen LogP contribution is -2.25. The minimum Gasteiger partial charge on any atom is -0.493 e. The number of carbonyl (C=O) groups excluding carboxylic acids is 1. The van der Waals surface area contributed by atoms with E-state index >= 15 is 0 Å². The second-order valence-corrected chi connectivity index (χ2v) is 6.08. The zero-order valence-corrected chi connectivity index (χ0v) is 16.5. The predicted molar refractivity (Wildman–Crippen MR) is 106 cm³/mol. The van der Waals surface area contributed by atoms with E-state index in [9.17, 15) is 4.79 Å². The van der Waals surface area contributed by atoms with Crippen molar-refractivity contribution >= 4 is 12.1 Å². The molecule has 0 aliphatic heterocycles. The van der Waals surface area contributed by atoms with Crippen molar-refractivity contribution in [2.75, 3.05) is 20.3 Å². The molecule has 0 bridgehead atoms. The van der Waals surface area contributed by atoms with E-state index in [1.165, 1.54) is 0 Å². The fourth-order valence-electron chi connectivity index (χ4n) is 2.54. The summed E-state index contributed by atoms with van der Waals surface area (Å²) in [7, 11) is 1.58. The van der Waals surface area contributed by atoms with Gasteiger partial charge in [-0.1, -0.05) is 12.1 Å². The highest BCUT2D eigenvalue weighted by atomic mass is 16.5. The summed E-state index contributed by atoms with van der Waals surface area (Å²) >= 11 is 0. The van der Waals surface area contributed by atoms with Gasteiger partial charge in [-0.2, -0.15) is 5.10 Å². The molecule has 6 nitrogen and oxygen atoms in total. The normalized spacial score (nSPS) is 10.7. The number of nitrogens with zero attached hydrogens (tertiary/aromatic N) is 1. The summed E-state index contributed by atoms with van der Waals surface area (Å²) in [5.41, 5.74) is 6.40. The largest absolute Gasteiger partial charge is 0.493 e. The van der Waals surface area contributed by atoms with Gasteiger partial charge in [-0.25, -0.2) is 5.43 Å². The van der Waals surface area contributed by atoms with Crippen molar-refractivity contribution in [3.63, 3.8) is 0 Å². The van der Waals surface area contributed by atoms with Gasteiger partial charge in [0, 0.05) is 0 Å². The van der Waals surface area contributed by atoms with E-state index in [-0.39, 0.29) is 12.5 Å². The van der Waals surface area contributed by atoms with Gasteiger partial charge in [-0.3, -0.25) is 4.79 Å². The van der Waals surface area contributed by atoms with E-state index in [1.54, 1.807) is 25.5 Å². The Kier molecular flexibility index (Phi) is 7.23. The third-order valence-electron chi connectivity index (χ3n) is 4.11. The Morgan fingerprint density at radius 1 is 1.07 bits per heavy atom. The Bertz CT molecular complexity index is 831. The first-order valence-corrected chi connectivity index (χ1v) is 8.78. The SMILES string of the molecule is CCOc1ccc(/C=N/NC(=O)COc2c(C)ccc(C)c2C)cc1OC. The van der Waals surface area contributed by atoms with E-state index in [2.05, 4.69) is 10.5 Å². The Morgan fingerprint density at radius 3 is 2.52 bits per heavy atom. The van der Waals surface area contributed by atoms with Gasteiger partial charge in [0.2, 0.25) is 0 Å². The molecule has 0 aliphatic rings. The summed E-state index contributed by atoms with van der Waals surface area (Å²) in [5, 5.41) is 3.97. The lowest BCUT2D eigenvalue weighted by Gasteiger charge is -2.13. The van der Waals surface area contributed by atoms with Crippen LogP contribution in [0.1, 0.15) is 29.2 Å². The van der Waals surface area contributed by atoms with Crippen LogP contribution in [-0.4, -0.2) is 32.4 Å². The molecule has 0 saturated heterocycles. The van der Waals surface area contributed by atoms with Gasteiger partial charge in [-0.15, -0.1) is 0 Å². The maximum absolute atomic E-state index is 12.0. The maximum atomic E-state index is 12.0. The monoisotopic (exact) mass is 370 g/mol. The number of hydrogen-bond acceptors (Lipinski definition) is 5. The van der Waals surface area contributed by atoms with Crippen molar-refractivity contribution in [3.8, 4) is 17.2 Å². The van der Waals surface area contributed by atoms with E-state index in [0.717, 1.165) is 28.0 Å². The first-order valence-electron chi connectivity index (χ1n) is 8.78. The van der Waals surface area contributed by atoms with Gasteiger partial charge in [0.1, 0.15) is 5.75 Å². The van der Waals surface area contributed by atoms with Crippen LogP contribution in [0.2, 0.25) is 0 Å². The topological polar surface area (TPSA) is 69.2 Å². The Morgan fingerprint density at radius 2 is 1.81 bits per heavy atom. The molecule has 0 heterocycles. The lowest BCUT2D eigenvalue weighted by atomic mass is 10.1. The number of amides is 1. The molecule has 144 valence electrons. The molecule has 0 atom stereocenters. The van der Waals surface area contributed by atoms with E-state index in [0.29, 0.717) is 18.1 Å². The number of ether oxygens (including phenoxy) is 3. The highest BCUT2D eigenvalue weighted by Crippen LogP contribution is 2.27. The van der Waals surface area contributed by atoms with Crippen molar-refractivity contribution < 1.29 is 19.0 Å². The van der Waals surface area contributed by atoms with Gasteiger partial charge >= 0.3 is 0 Å². The first-order chi connectivity index (χ1) is 13.0. The quantitative estimate of drug-likeness (QED) is 0.570. The molecule has 0 aliphatic carbocycles. The standard InChI is InChI=1S/C21H26N2O4/c1-6-26-18-10-9-17(11-19(18)25-5)12-22-23-20(24)13-27-21-15(3)8-7-14(2)16(21)4/h7-12H,6,13H2,1-5H3,(H,23,24)/b22-12+. The Labute approximate surface area is 160 Å². The fourth-order valence-corrected chi connectivity index (χ4v) is 2.54. The molecule has 1 N–H and O–H groups in total. The Hall–Kier alpha value is -3.02. The number of methoxy groups -OCH3 is 1. The first kappa shape index (κ1) is 20.3. The number of rotatable bonds is 8. The van der Waals surface area contributed by atoms with Gasteiger partial charge in [0.25, 0.3) is 5.91 Å². The van der Waals surface area contributed by atoms with Crippen molar-refractivity contribution in [3.05, 3.63) is 52.6 Å². The number of benzene rings is 2. The van der Waals surface area contributed by atoms with E-state index < -0.39 is 0 Å². The minimum absolute atomic E-state index is 0.102. The molecule has 6 heteroatoms. The highest BCUT2D eigenvalue weighted by Gasteiger charge is 2.09. The molecule has 1 amide bonds. The lowest BCUT2D eigenvalue weighted by molar-refractivity contribution is -0.123. The third kappa shape index (κ3) is 5.48. The van der Waals surface area contributed by atoms with Crippen molar-refractivity contribution in [1.29, 1.82) is 0 Å². The van der Waals surface area contributed by atoms with Gasteiger partial charge < -0.3 is 14.2 Å². The summed E-state index contributed by atoms with van der Waals surface area (Å²) < 4.78 is 16.4. The van der Waals surface area contributed by atoms with Gasteiger partial charge in [-0.05, 0) is 68.1 Å². The van der Waals surface area contributed by atoms with Crippen molar-refractivity contribution in [2.45, 2.75) is 27.7 Å². The Balaban J connectivity index is 1.93. The molecule has 0 unspecified atom stereocenters. The number of aryl methyl sites for hydroxylation is 2. The van der Waals surface area contributed by atoms with Crippen LogP contribution in [-0.2, 0) is 4.79 Å². The van der Waals surface area contributed by atoms with E-state index in [4.69, 9.17) is 14.2 Å². The van der Waals surface area contributed by atoms with Crippen LogP contribution in [0.15, 0.2) is 35.4 Å². The van der Waals surface area contributed by atoms with Gasteiger partial charge in [0.15, 0.2) is 18.1 Å². The zero-order chi connectivity index (χ0) is 19.8. The molecule has 2 rings (SSSR count). The molecule has 0 saturated carbocycles. The van der Waals surface area contributed by atoms with Crippen LogP contribution in [0.25, 0.3) is 0 Å². The predicted octanol–water partition coefficient (Wildman–Crippen LogP) is 3.55. The second-order valence-electron chi connectivity index (χ2n) is 6.08. The highest BCUT2D eigenvalue weighted by molar-refractivity contribution is 5.83. The number of nitrogens with one attached hydrogen (secondary N) is 1. The summed E-state index contributed by atoms with van der Waals surface area (Å²) in [5.74, 6) is 1.69. The third-order valence-corrected chi connectivity index (χ3v) is 4.11. The van der Waals surface area contributed by atoms with Crippen LogP contribution in [0, 0.1) is 20.8 Å². The van der Waals surface area contributed by atoms with Crippen LogP contribution in [0.3, 0.4) is 0 Å². The number of carbonyl (C=O) groups is 1. The van der Waals surface area contributed by atoms with Crippen molar-refractivity contribution in [2.24, 2.45) is 5.10 Å². The zero-order valence-electron chi connectivity index (χ0n) is 16.5. The van der Waals surface area contributed by atoms with Crippen LogP contribution in [0.4, 0.5) is 0 Å². The molecule has 2 aromatic carbocycles. The summed E-state index contributed by atoms with van der Waals surface area (Å²) in [6.07, 6.45) is 1.54. The molecule has 0 spiro atoms. The molecule has 2 aromatic rings. The molecular formula is C21H26N2O4. The summed E-state index contributed by atoms with van der Waals surface area (Å²) in [4.78, 5) is 12.0. The molecule has 0 aromatic heterocycles. The average Bonchev–Trinajstić information content (AvgIpc) is 2.66. The average molecular weight is 370 g/mol. The van der Waals surface area contributed by atoms with E-state index in [1.807, 2.05) is 45.9 Å². The minimum atomic E-state index is -0.329. The molecule has 27 heavy (non-hydrogen) atoms. The molecule has 0 radical (unpaired) electrons. The number of hydrazone groups is 1. The molecular weight excluding hydrogens is 344 g/mol. The second kappa shape index (κ2) is 9.62.